The molecule has 0 amide bonds. The average molecular weight is 353 g/mol. The van der Waals surface area contributed by atoms with E-state index in [4.69, 9.17) is 9.47 Å². The standard InChI is InChI=1S/C18H27NO6/c1-4-12-15(20)10(2)18(3,23)17(22)24-9-11-5-7-19-8-6-13(14(11)19)25-16(12)21/h4,10-11,13-15,20,23H,5-9H2,1-3H3/b12-4-/t10-,11-,13-,14-,15-,18-/m1/s1. The van der Waals surface area contributed by atoms with E-state index in [1.165, 1.54) is 19.9 Å². The van der Waals surface area contributed by atoms with Gasteiger partial charge in [0.1, 0.15) is 6.10 Å². The summed E-state index contributed by atoms with van der Waals surface area (Å²) in [6.45, 7) is 6.37. The Bertz CT molecular complexity index is 586. The Labute approximate surface area is 147 Å². The molecule has 7 nitrogen and oxygen atoms in total. The van der Waals surface area contributed by atoms with Gasteiger partial charge in [-0.3, -0.25) is 4.90 Å². The van der Waals surface area contributed by atoms with Gasteiger partial charge < -0.3 is 19.7 Å². The minimum Gasteiger partial charge on any atom is -0.463 e. The molecule has 3 fully saturated rings. The Morgan fingerprint density at radius 1 is 1.28 bits per heavy atom. The van der Waals surface area contributed by atoms with Crippen molar-refractivity contribution in [3.63, 3.8) is 0 Å². The minimum absolute atomic E-state index is 0.0220. The third-order valence-electron chi connectivity index (χ3n) is 6.10. The van der Waals surface area contributed by atoms with E-state index in [0.29, 0.717) is 0 Å². The number of esters is 2. The zero-order valence-electron chi connectivity index (χ0n) is 15.0. The summed E-state index contributed by atoms with van der Waals surface area (Å²) in [5, 5.41) is 21.2. The number of hydrogen-bond donors (Lipinski definition) is 2. The van der Waals surface area contributed by atoms with E-state index in [1.807, 2.05) is 0 Å². The van der Waals surface area contributed by atoms with Crippen molar-refractivity contribution in [1.29, 1.82) is 0 Å². The summed E-state index contributed by atoms with van der Waals surface area (Å²) in [5.41, 5.74) is -1.84. The van der Waals surface area contributed by atoms with Gasteiger partial charge in [0.05, 0.1) is 24.3 Å². The van der Waals surface area contributed by atoms with E-state index in [9.17, 15) is 19.8 Å². The van der Waals surface area contributed by atoms with Gasteiger partial charge in [0.15, 0.2) is 5.60 Å². The van der Waals surface area contributed by atoms with Crippen LogP contribution >= 0.6 is 0 Å². The van der Waals surface area contributed by atoms with Crippen LogP contribution in [0.5, 0.6) is 0 Å². The van der Waals surface area contributed by atoms with Crippen molar-refractivity contribution < 1.29 is 29.3 Å². The summed E-state index contributed by atoms with van der Waals surface area (Å²) in [6, 6.07) is 0.0220. The van der Waals surface area contributed by atoms with Crippen LogP contribution in [0.3, 0.4) is 0 Å². The van der Waals surface area contributed by atoms with Crippen LogP contribution < -0.4 is 0 Å². The number of aliphatic hydroxyl groups excluding tert-OH is 1. The van der Waals surface area contributed by atoms with Crippen molar-refractivity contribution in [3.8, 4) is 0 Å². The SMILES string of the molecule is C/C=C1\C(=O)O[C@@H]2CCN3CC[C@H](COC(=O)[C@](C)(O)[C@H](C)[C@H]1O)[C@H]23. The lowest BCUT2D eigenvalue weighted by molar-refractivity contribution is -0.176. The fourth-order valence-electron chi connectivity index (χ4n) is 4.23. The molecule has 25 heavy (non-hydrogen) atoms. The van der Waals surface area contributed by atoms with Gasteiger partial charge in [0, 0.05) is 18.4 Å². The lowest BCUT2D eigenvalue weighted by Gasteiger charge is -2.34. The van der Waals surface area contributed by atoms with Gasteiger partial charge in [-0.25, -0.2) is 9.59 Å². The van der Waals surface area contributed by atoms with E-state index in [0.717, 1.165) is 25.9 Å². The predicted molar refractivity (Wildman–Crippen MR) is 88.5 cm³/mol. The van der Waals surface area contributed by atoms with Crippen molar-refractivity contribution in [2.45, 2.75) is 57.5 Å². The maximum atomic E-state index is 12.6. The normalized spacial score (nSPS) is 44.7. The van der Waals surface area contributed by atoms with Crippen LogP contribution in [0.4, 0.5) is 0 Å². The zero-order chi connectivity index (χ0) is 18.4. The highest BCUT2D eigenvalue weighted by Crippen LogP contribution is 2.37. The van der Waals surface area contributed by atoms with Gasteiger partial charge in [0.25, 0.3) is 0 Å². The summed E-state index contributed by atoms with van der Waals surface area (Å²) in [5.74, 6) is -2.19. The second-order valence-electron chi connectivity index (χ2n) is 7.53. The summed E-state index contributed by atoms with van der Waals surface area (Å²) >= 11 is 0. The molecule has 0 aromatic carbocycles. The van der Waals surface area contributed by atoms with Crippen LogP contribution in [0, 0.1) is 11.8 Å². The lowest BCUT2D eigenvalue weighted by atomic mass is 9.82. The largest absolute Gasteiger partial charge is 0.463 e. The molecule has 0 saturated carbocycles. The highest BCUT2D eigenvalue weighted by Gasteiger charge is 2.49. The average Bonchev–Trinajstić information content (AvgIpc) is 3.14. The Kier molecular flexibility index (Phi) is 4.92. The first-order valence-corrected chi connectivity index (χ1v) is 8.96. The zero-order valence-corrected chi connectivity index (χ0v) is 15.0. The Morgan fingerprint density at radius 3 is 2.64 bits per heavy atom. The van der Waals surface area contributed by atoms with E-state index in [-0.39, 0.29) is 30.2 Å². The van der Waals surface area contributed by atoms with Crippen LogP contribution in [-0.4, -0.2) is 70.6 Å². The molecule has 0 bridgehead atoms. The van der Waals surface area contributed by atoms with Crippen LogP contribution in [0.25, 0.3) is 0 Å². The molecule has 140 valence electrons. The van der Waals surface area contributed by atoms with Crippen LogP contribution in [-0.2, 0) is 19.1 Å². The van der Waals surface area contributed by atoms with Crippen molar-refractivity contribution in [3.05, 3.63) is 11.6 Å². The first-order chi connectivity index (χ1) is 11.8. The maximum Gasteiger partial charge on any atom is 0.338 e. The molecule has 2 N–H and O–H groups in total. The number of carbonyl (C=O) groups excluding carboxylic acids is 2. The van der Waals surface area contributed by atoms with Crippen molar-refractivity contribution >= 4 is 11.9 Å². The Morgan fingerprint density at radius 2 is 1.96 bits per heavy atom. The molecule has 0 aromatic heterocycles. The Hall–Kier alpha value is -1.44. The minimum atomic E-state index is -1.90. The molecule has 6 atom stereocenters. The molecular formula is C18H27NO6. The van der Waals surface area contributed by atoms with Gasteiger partial charge in [-0.1, -0.05) is 13.0 Å². The fourth-order valence-corrected chi connectivity index (χ4v) is 4.23. The van der Waals surface area contributed by atoms with Crippen molar-refractivity contribution in [2.75, 3.05) is 19.7 Å². The van der Waals surface area contributed by atoms with E-state index in [1.54, 1.807) is 6.92 Å². The van der Waals surface area contributed by atoms with Crippen LogP contribution in [0.15, 0.2) is 11.6 Å². The molecule has 3 aliphatic heterocycles. The highest BCUT2D eigenvalue weighted by molar-refractivity contribution is 5.90. The Balaban J connectivity index is 1.94. The maximum absolute atomic E-state index is 12.6. The number of ether oxygens (including phenoxy) is 2. The number of allylic oxidation sites excluding steroid dienone is 1. The first kappa shape index (κ1) is 18.4. The monoisotopic (exact) mass is 353 g/mol. The van der Waals surface area contributed by atoms with Crippen LogP contribution in [0.2, 0.25) is 0 Å². The number of hydrogen-bond acceptors (Lipinski definition) is 7. The first-order valence-electron chi connectivity index (χ1n) is 8.96. The summed E-state index contributed by atoms with van der Waals surface area (Å²) in [7, 11) is 0. The van der Waals surface area contributed by atoms with E-state index in [2.05, 4.69) is 4.90 Å². The van der Waals surface area contributed by atoms with Crippen molar-refractivity contribution in [1.82, 2.24) is 4.90 Å². The smallest absolute Gasteiger partial charge is 0.338 e. The van der Waals surface area contributed by atoms with Gasteiger partial charge >= 0.3 is 11.9 Å². The summed E-state index contributed by atoms with van der Waals surface area (Å²) in [6.07, 6.45) is 1.49. The number of nitrogens with zero attached hydrogens (tertiary/aromatic N) is 1. The molecule has 0 radical (unpaired) electrons. The van der Waals surface area contributed by atoms with E-state index < -0.39 is 29.6 Å². The molecule has 3 heterocycles. The topological polar surface area (TPSA) is 96.3 Å². The van der Waals surface area contributed by atoms with Gasteiger partial charge in [-0.05, 0) is 33.2 Å². The molecule has 0 unspecified atom stereocenters. The molecule has 3 rings (SSSR count). The molecular weight excluding hydrogens is 326 g/mol. The number of carbonyl (C=O) groups is 2. The lowest BCUT2D eigenvalue weighted by Crippen LogP contribution is -2.50. The summed E-state index contributed by atoms with van der Waals surface area (Å²) in [4.78, 5) is 27.3. The molecule has 3 saturated heterocycles. The second-order valence-corrected chi connectivity index (χ2v) is 7.53. The molecule has 0 aliphatic carbocycles. The number of aliphatic hydroxyl groups is 2. The van der Waals surface area contributed by atoms with Crippen molar-refractivity contribution in [2.24, 2.45) is 11.8 Å². The summed E-state index contributed by atoms with van der Waals surface area (Å²) < 4.78 is 11.1. The second kappa shape index (κ2) is 6.70. The molecule has 7 heteroatoms. The quantitative estimate of drug-likeness (QED) is 0.476. The van der Waals surface area contributed by atoms with Gasteiger partial charge in [-0.15, -0.1) is 0 Å². The fraction of sp³-hybridized carbons (Fsp3) is 0.778. The predicted octanol–water partition coefficient (Wildman–Crippen LogP) is 0.244. The van der Waals surface area contributed by atoms with Crippen LogP contribution in [0.1, 0.15) is 33.6 Å². The highest BCUT2D eigenvalue weighted by atomic mass is 16.6. The van der Waals surface area contributed by atoms with Gasteiger partial charge in [-0.2, -0.15) is 0 Å². The van der Waals surface area contributed by atoms with E-state index >= 15 is 0 Å². The third kappa shape index (κ3) is 3.09. The molecule has 0 spiro atoms. The molecule has 3 aliphatic rings. The third-order valence-corrected chi connectivity index (χ3v) is 6.10. The van der Waals surface area contributed by atoms with Gasteiger partial charge in [0.2, 0.25) is 0 Å². The molecule has 0 aromatic rings. The number of rotatable bonds is 0. The number of cyclic esters (lactones) is 1.